The van der Waals surface area contributed by atoms with Crippen molar-refractivity contribution in [2.24, 2.45) is 0 Å². The van der Waals surface area contributed by atoms with E-state index in [0.717, 1.165) is 41.4 Å². The molecule has 2 N–H and O–H groups in total. The maximum absolute atomic E-state index is 13.6. The number of carbonyl (C=O) groups excluding carboxylic acids is 1. The molecular weight excluding hydrogens is 462 g/mol. The van der Waals surface area contributed by atoms with Crippen molar-refractivity contribution in [2.75, 3.05) is 13.3 Å². The van der Waals surface area contributed by atoms with E-state index in [1.54, 1.807) is 17.6 Å². The Bertz CT molecular complexity index is 1480. The number of esters is 1. The third-order valence-electron chi connectivity index (χ3n) is 7.46. The summed E-state index contributed by atoms with van der Waals surface area (Å²) < 4.78 is 18.1. The third kappa shape index (κ3) is 3.33. The molecule has 0 fully saturated rings. The van der Waals surface area contributed by atoms with Crippen molar-refractivity contribution in [1.29, 1.82) is 0 Å². The second kappa shape index (κ2) is 8.31. The van der Waals surface area contributed by atoms with Crippen LogP contribution in [0.5, 0.6) is 11.5 Å². The number of ether oxygens (including phenoxy) is 3. The van der Waals surface area contributed by atoms with Crippen molar-refractivity contribution in [3.63, 3.8) is 0 Å². The number of nitrogens with one attached hydrogen (secondary N) is 1. The fourth-order valence-electron chi connectivity index (χ4n) is 5.49. The first-order chi connectivity index (χ1) is 17.3. The van der Waals surface area contributed by atoms with Crippen molar-refractivity contribution < 1.29 is 24.1 Å². The molecule has 0 spiro atoms. The Balaban J connectivity index is 1.54. The molecule has 0 radical (unpaired) electrons. The van der Waals surface area contributed by atoms with Crippen LogP contribution in [0.25, 0.3) is 22.3 Å². The minimum absolute atomic E-state index is 0.108. The molecule has 6 rings (SSSR count). The zero-order valence-electron chi connectivity index (χ0n) is 20.6. The number of fused-ring (bicyclic) bond motifs is 6. The Kier molecular flexibility index (Phi) is 5.31. The van der Waals surface area contributed by atoms with Gasteiger partial charge in [-0.15, -0.1) is 0 Å². The zero-order chi connectivity index (χ0) is 25.2. The van der Waals surface area contributed by atoms with Crippen molar-refractivity contribution in [3.8, 4) is 22.9 Å². The molecule has 9 heteroatoms. The lowest BCUT2D eigenvalue weighted by Gasteiger charge is -2.31. The van der Waals surface area contributed by atoms with Gasteiger partial charge in [0.2, 0.25) is 6.79 Å². The van der Waals surface area contributed by atoms with E-state index in [4.69, 9.17) is 19.2 Å². The van der Waals surface area contributed by atoms with E-state index in [1.165, 1.54) is 0 Å². The monoisotopic (exact) mass is 491 g/mol. The fraction of sp³-hybridized carbons (Fsp3) is 0.444. The molecule has 2 aromatic heterocycles. The van der Waals surface area contributed by atoms with Gasteiger partial charge in [-0.05, 0) is 43.5 Å². The molecule has 36 heavy (non-hydrogen) atoms. The topological polar surface area (TPSA) is 112 Å². The minimum Gasteiger partial charge on any atom is -0.458 e. The molecule has 0 unspecified atom stereocenters. The van der Waals surface area contributed by atoms with Gasteiger partial charge in [0.15, 0.2) is 17.1 Å². The summed E-state index contributed by atoms with van der Waals surface area (Å²) in [5.41, 5.74) is 2.71. The first-order valence-corrected chi connectivity index (χ1v) is 12.5. The van der Waals surface area contributed by atoms with E-state index in [-0.39, 0.29) is 25.4 Å². The van der Waals surface area contributed by atoms with Crippen LogP contribution in [0.15, 0.2) is 23.0 Å². The van der Waals surface area contributed by atoms with E-state index in [1.807, 2.05) is 12.1 Å². The van der Waals surface area contributed by atoms with Crippen LogP contribution in [0.1, 0.15) is 55.9 Å². The number of hydrogen-bond acceptors (Lipinski definition) is 8. The number of cyclic esters (lactones) is 1. The summed E-state index contributed by atoms with van der Waals surface area (Å²) in [6, 6.07) is 6.01. The van der Waals surface area contributed by atoms with E-state index in [9.17, 15) is 14.7 Å². The minimum atomic E-state index is -1.85. The number of aliphatic hydroxyl groups is 1. The second-order valence-corrected chi connectivity index (χ2v) is 9.96. The van der Waals surface area contributed by atoms with Crippen LogP contribution in [0.2, 0.25) is 0 Å². The van der Waals surface area contributed by atoms with Crippen molar-refractivity contribution >= 4 is 16.9 Å². The lowest BCUT2D eigenvalue weighted by molar-refractivity contribution is -0.172. The van der Waals surface area contributed by atoms with Gasteiger partial charge >= 0.3 is 5.97 Å². The highest BCUT2D eigenvalue weighted by molar-refractivity contribution is 5.91. The van der Waals surface area contributed by atoms with Gasteiger partial charge in [0.05, 0.1) is 29.0 Å². The normalized spacial score (nSPS) is 19.4. The molecule has 188 valence electrons. The molecule has 3 aliphatic rings. The van der Waals surface area contributed by atoms with Crippen molar-refractivity contribution in [2.45, 2.75) is 64.8 Å². The van der Waals surface area contributed by atoms with E-state index < -0.39 is 11.6 Å². The molecular formula is C27H29N3O6. The highest BCUT2D eigenvalue weighted by atomic mass is 16.7. The molecule has 3 aromatic rings. The van der Waals surface area contributed by atoms with Crippen LogP contribution in [0, 0.1) is 0 Å². The maximum Gasteiger partial charge on any atom is 0.343 e. The Morgan fingerprint density at radius 3 is 2.67 bits per heavy atom. The van der Waals surface area contributed by atoms with Gasteiger partial charge in [0, 0.05) is 28.6 Å². The molecule has 5 heterocycles. The summed E-state index contributed by atoms with van der Waals surface area (Å²) in [6.45, 7) is 7.22. The van der Waals surface area contributed by atoms with Gasteiger partial charge in [-0.2, -0.15) is 0 Å². The lowest BCUT2D eigenvalue weighted by Crippen LogP contribution is -2.44. The summed E-state index contributed by atoms with van der Waals surface area (Å²) in [7, 11) is 0. The summed E-state index contributed by atoms with van der Waals surface area (Å²) in [5, 5.41) is 15.6. The number of benzene rings is 1. The zero-order valence-corrected chi connectivity index (χ0v) is 20.6. The molecule has 0 aliphatic carbocycles. The molecule has 0 saturated heterocycles. The average Bonchev–Trinajstić information content (AvgIpc) is 3.47. The SMILES string of the molecule is CC[C@@]1(O)C(=O)OCc2c1cc1n(c2=O)Cc2c-1nc1cc3c(cc1c2CCCNC(C)C)OCO3. The molecule has 9 nitrogen and oxygen atoms in total. The van der Waals surface area contributed by atoms with Crippen LogP contribution in [-0.2, 0) is 34.7 Å². The molecule has 0 saturated carbocycles. The van der Waals surface area contributed by atoms with Gasteiger partial charge in [-0.25, -0.2) is 9.78 Å². The van der Waals surface area contributed by atoms with Crippen molar-refractivity contribution in [3.05, 3.63) is 50.8 Å². The van der Waals surface area contributed by atoms with Gasteiger partial charge in [-0.3, -0.25) is 4.79 Å². The Morgan fingerprint density at radius 2 is 1.92 bits per heavy atom. The predicted octanol–water partition coefficient (Wildman–Crippen LogP) is 2.74. The fourth-order valence-corrected chi connectivity index (χ4v) is 5.49. The van der Waals surface area contributed by atoms with Crippen LogP contribution in [0.4, 0.5) is 0 Å². The molecule has 1 atom stereocenters. The van der Waals surface area contributed by atoms with Crippen LogP contribution in [-0.4, -0.2) is 40.0 Å². The summed E-state index contributed by atoms with van der Waals surface area (Å²) in [6.07, 6.45) is 1.82. The van der Waals surface area contributed by atoms with Crippen LogP contribution < -0.4 is 20.3 Å². The smallest absolute Gasteiger partial charge is 0.343 e. The quantitative estimate of drug-likeness (QED) is 0.313. The molecule has 3 aliphatic heterocycles. The predicted molar refractivity (Wildman–Crippen MR) is 132 cm³/mol. The summed E-state index contributed by atoms with van der Waals surface area (Å²) >= 11 is 0. The van der Waals surface area contributed by atoms with Gasteiger partial charge < -0.3 is 29.2 Å². The second-order valence-electron chi connectivity index (χ2n) is 9.96. The van der Waals surface area contributed by atoms with Crippen LogP contribution in [0.3, 0.4) is 0 Å². The van der Waals surface area contributed by atoms with Gasteiger partial charge in [-0.1, -0.05) is 20.8 Å². The maximum atomic E-state index is 13.6. The van der Waals surface area contributed by atoms with E-state index >= 15 is 0 Å². The largest absolute Gasteiger partial charge is 0.458 e. The summed E-state index contributed by atoms with van der Waals surface area (Å²) in [4.78, 5) is 31.0. The number of nitrogens with zero attached hydrogens (tertiary/aromatic N) is 2. The highest BCUT2D eigenvalue weighted by Crippen LogP contribution is 2.43. The number of rotatable bonds is 6. The Labute approximate surface area is 208 Å². The van der Waals surface area contributed by atoms with Crippen molar-refractivity contribution in [1.82, 2.24) is 14.9 Å². The number of aryl methyl sites for hydroxylation is 1. The number of carbonyl (C=O) groups is 1. The number of aromatic nitrogens is 2. The van der Waals surface area contributed by atoms with Crippen LogP contribution >= 0.6 is 0 Å². The molecule has 1 aromatic carbocycles. The highest BCUT2D eigenvalue weighted by Gasteiger charge is 2.45. The standard InChI is InChI=1S/C27H29N3O6/c1-4-27(33)19-9-21-24-17(11-30(21)25(31)18(19)12-34-26(27)32)15(6-5-7-28-14(2)3)16-8-22-23(36-13-35-22)10-20(16)29-24/h8-10,14,28,33H,4-7,11-13H2,1-3H3/t27-/m0/s1. The van der Waals surface area contributed by atoms with Gasteiger partial charge in [0.25, 0.3) is 5.56 Å². The summed E-state index contributed by atoms with van der Waals surface area (Å²) in [5.74, 6) is 0.613. The lowest BCUT2D eigenvalue weighted by atomic mass is 9.86. The third-order valence-corrected chi connectivity index (χ3v) is 7.46. The molecule has 0 bridgehead atoms. The van der Waals surface area contributed by atoms with E-state index in [2.05, 4.69) is 19.2 Å². The number of pyridine rings is 2. The number of hydrogen-bond donors (Lipinski definition) is 2. The Hall–Kier alpha value is -3.43. The first kappa shape index (κ1) is 23.0. The average molecular weight is 492 g/mol. The Morgan fingerprint density at radius 1 is 1.14 bits per heavy atom. The van der Waals surface area contributed by atoms with E-state index in [0.29, 0.717) is 46.6 Å². The van der Waals surface area contributed by atoms with Gasteiger partial charge in [0.1, 0.15) is 6.61 Å². The first-order valence-electron chi connectivity index (χ1n) is 12.5. The molecule has 0 amide bonds.